The number of hydrogen-bond donors (Lipinski definition) is 0. The van der Waals surface area contributed by atoms with Crippen molar-refractivity contribution in [1.29, 1.82) is 0 Å². The summed E-state index contributed by atoms with van der Waals surface area (Å²) < 4.78 is 0. The van der Waals surface area contributed by atoms with Crippen LogP contribution in [0.5, 0.6) is 0 Å². The van der Waals surface area contributed by atoms with Gasteiger partial charge in [0.2, 0.25) is 5.91 Å². The number of rotatable bonds is 5. The molecule has 0 unspecified atom stereocenters. The van der Waals surface area contributed by atoms with E-state index >= 15 is 0 Å². The van der Waals surface area contributed by atoms with Gasteiger partial charge in [-0.3, -0.25) is 4.79 Å². The molecule has 1 aromatic carbocycles. The van der Waals surface area contributed by atoms with Gasteiger partial charge >= 0.3 is 0 Å². The molecule has 1 aromatic rings. The number of amides is 1. The van der Waals surface area contributed by atoms with Crippen molar-refractivity contribution in [2.45, 2.75) is 39.7 Å². The molecule has 0 heterocycles. The van der Waals surface area contributed by atoms with Crippen molar-refractivity contribution in [2.24, 2.45) is 5.92 Å². The smallest absolute Gasteiger partial charge is 0.226 e. The molecular formula is C17H23NO. The van der Waals surface area contributed by atoms with E-state index < -0.39 is 0 Å². The average molecular weight is 257 g/mol. The molecule has 1 aliphatic rings. The molecule has 0 spiro atoms. The van der Waals surface area contributed by atoms with Crippen LogP contribution in [0.25, 0.3) is 5.57 Å². The molecule has 1 amide bonds. The third-order valence-corrected chi connectivity index (χ3v) is 3.66. The zero-order chi connectivity index (χ0) is 13.8. The van der Waals surface area contributed by atoms with E-state index in [1.54, 1.807) is 0 Å². The van der Waals surface area contributed by atoms with Gasteiger partial charge in [-0.05, 0) is 44.7 Å². The number of nitrogens with zero attached hydrogens (tertiary/aromatic N) is 1. The van der Waals surface area contributed by atoms with E-state index in [0.29, 0.717) is 18.4 Å². The average Bonchev–Trinajstić information content (AvgIpc) is 3.23. The third kappa shape index (κ3) is 3.69. The highest BCUT2D eigenvalue weighted by molar-refractivity contribution is 5.81. The Morgan fingerprint density at radius 2 is 1.95 bits per heavy atom. The maximum Gasteiger partial charge on any atom is 0.226 e. The highest BCUT2D eigenvalue weighted by Crippen LogP contribution is 2.31. The maximum atomic E-state index is 12.2. The lowest BCUT2D eigenvalue weighted by molar-refractivity contribution is -0.133. The Balaban J connectivity index is 2.03. The number of hydrogen-bond acceptors (Lipinski definition) is 1. The monoisotopic (exact) mass is 257 g/mol. The van der Waals surface area contributed by atoms with Gasteiger partial charge in [0.05, 0.1) is 0 Å². The molecule has 0 saturated heterocycles. The van der Waals surface area contributed by atoms with Crippen LogP contribution in [0.2, 0.25) is 0 Å². The molecular weight excluding hydrogens is 234 g/mol. The second kappa shape index (κ2) is 6.05. The van der Waals surface area contributed by atoms with Crippen LogP contribution in [0, 0.1) is 5.92 Å². The highest BCUT2D eigenvalue weighted by atomic mass is 16.2. The predicted octanol–water partition coefficient (Wildman–Crippen LogP) is 3.74. The molecule has 1 fully saturated rings. The molecule has 0 atom stereocenters. The van der Waals surface area contributed by atoms with Gasteiger partial charge in [-0.1, -0.05) is 36.4 Å². The van der Waals surface area contributed by atoms with Crippen molar-refractivity contribution in [3.05, 3.63) is 42.0 Å². The summed E-state index contributed by atoms with van der Waals surface area (Å²) >= 11 is 0. The van der Waals surface area contributed by atoms with Crippen LogP contribution in [0.4, 0.5) is 0 Å². The minimum Gasteiger partial charge on any atom is -0.336 e. The van der Waals surface area contributed by atoms with Crippen LogP contribution < -0.4 is 0 Å². The summed E-state index contributed by atoms with van der Waals surface area (Å²) in [6.07, 6.45) is 4.31. The molecule has 1 saturated carbocycles. The van der Waals surface area contributed by atoms with Gasteiger partial charge in [-0.2, -0.15) is 0 Å². The first kappa shape index (κ1) is 13.9. The van der Waals surface area contributed by atoms with Crippen molar-refractivity contribution in [2.75, 3.05) is 6.54 Å². The molecule has 102 valence electrons. The Labute approximate surface area is 116 Å². The van der Waals surface area contributed by atoms with Gasteiger partial charge in [-0.15, -0.1) is 0 Å². The number of carbonyl (C=O) groups excluding carboxylic acids is 1. The van der Waals surface area contributed by atoms with Crippen LogP contribution in [0.3, 0.4) is 0 Å². The van der Waals surface area contributed by atoms with Crippen LogP contribution >= 0.6 is 0 Å². The summed E-state index contributed by atoms with van der Waals surface area (Å²) in [5, 5.41) is 0. The zero-order valence-corrected chi connectivity index (χ0v) is 12.1. The van der Waals surface area contributed by atoms with Gasteiger partial charge in [0.25, 0.3) is 0 Å². The van der Waals surface area contributed by atoms with Gasteiger partial charge in [0.15, 0.2) is 0 Å². The summed E-state index contributed by atoms with van der Waals surface area (Å²) in [7, 11) is 0. The largest absolute Gasteiger partial charge is 0.336 e. The molecule has 19 heavy (non-hydrogen) atoms. The lowest BCUT2D eigenvalue weighted by Crippen LogP contribution is -2.38. The quantitative estimate of drug-likeness (QED) is 0.787. The Bertz CT molecular complexity index is 457. The SMILES string of the molecule is C/C(=C\CN(C(=O)C1CC1)C(C)C)c1ccccc1. The number of allylic oxidation sites excluding steroid dienone is 1. The summed E-state index contributed by atoms with van der Waals surface area (Å²) in [6.45, 7) is 7.00. The minimum absolute atomic E-state index is 0.271. The zero-order valence-electron chi connectivity index (χ0n) is 12.1. The standard InChI is InChI=1S/C17H23NO/c1-13(2)18(17(19)16-9-10-16)12-11-14(3)15-7-5-4-6-8-15/h4-8,11,13,16H,9-10,12H2,1-3H3/b14-11+. The third-order valence-electron chi connectivity index (χ3n) is 3.66. The van der Waals surface area contributed by atoms with Crippen molar-refractivity contribution >= 4 is 11.5 Å². The topological polar surface area (TPSA) is 20.3 Å². The molecule has 0 aromatic heterocycles. The second-order valence-electron chi connectivity index (χ2n) is 5.61. The van der Waals surface area contributed by atoms with Gasteiger partial charge < -0.3 is 4.90 Å². The van der Waals surface area contributed by atoms with E-state index in [-0.39, 0.29) is 6.04 Å². The molecule has 0 N–H and O–H groups in total. The van der Waals surface area contributed by atoms with Crippen molar-refractivity contribution in [1.82, 2.24) is 4.90 Å². The van der Waals surface area contributed by atoms with Gasteiger partial charge in [0.1, 0.15) is 0 Å². The van der Waals surface area contributed by atoms with E-state index in [2.05, 4.69) is 39.0 Å². The Morgan fingerprint density at radius 1 is 1.32 bits per heavy atom. The summed E-state index contributed by atoms with van der Waals surface area (Å²) in [5.41, 5.74) is 2.46. The van der Waals surface area contributed by atoms with Crippen molar-refractivity contribution < 1.29 is 4.79 Å². The fourth-order valence-electron chi connectivity index (χ4n) is 2.17. The molecule has 1 aliphatic carbocycles. The van der Waals surface area contributed by atoms with Crippen molar-refractivity contribution in [3.63, 3.8) is 0 Å². The van der Waals surface area contributed by atoms with Crippen LogP contribution in [-0.2, 0) is 4.79 Å². The molecule has 2 nitrogen and oxygen atoms in total. The second-order valence-corrected chi connectivity index (χ2v) is 5.61. The van der Waals surface area contributed by atoms with Crippen LogP contribution in [0.1, 0.15) is 39.2 Å². The number of carbonyl (C=O) groups is 1. The van der Waals surface area contributed by atoms with Crippen molar-refractivity contribution in [3.8, 4) is 0 Å². The molecule has 0 bridgehead atoms. The van der Waals surface area contributed by atoms with E-state index in [1.807, 2.05) is 23.1 Å². The molecule has 2 rings (SSSR count). The van der Waals surface area contributed by atoms with E-state index in [9.17, 15) is 4.79 Å². The van der Waals surface area contributed by atoms with Crippen LogP contribution in [0.15, 0.2) is 36.4 Å². The first-order valence-corrected chi connectivity index (χ1v) is 7.12. The lowest BCUT2D eigenvalue weighted by atomic mass is 10.1. The fraction of sp³-hybridized carbons (Fsp3) is 0.471. The van der Waals surface area contributed by atoms with E-state index in [4.69, 9.17) is 0 Å². The van der Waals surface area contributed by atoms with Gasteiger partial charge in [0, 0.05) is 18.5 Å². The molecule has 0 radical (unpaired) electrons. The Kier molecular flexibility index (Phi) is 4.41. The molecule has 0 aliphatic heterocycles. The van der Waals surface area contributed by atoms with Crippen LogP contribution in [-0.4, -0.2) is 23.4 Å². The lowest BCUT2D eigenvalue weighted by Gasteiger charge is -2.26. The first-order chi connectivity index (χ1) is 9.09. The Morgan fingerprint density at radius 3 is 2.47 bits per heavy atom. The highest BCUT2D eigenvalue weighted by Gasteiger charge is 2.33. The number of benzene rings is 1. The first-order valence-electron chi connectivity index (χ1n) is 7.12. The normalized spacial score (nSPS) is 15.7. The minimum atomic E-state index is 0.271. The Hall–Kier alpha value is -1.57. The summed E-state index contributed by atoms with van der Waals surface area (Å²) in [4.78, 5) is 14.2. The maximum absolute atomic E-state index is 12.2. The predicted molar refractivity (Wildman–Crippen MR) is 79.7 cm³/mol. The fourth-order valence-corrected chi connectivity index (χ4v) is 2.17. The van der Waals surface area contributed by atoms with E-state index in [0.717, 1.165) is 12.8 Å². The summed E-state index contributed by atoms with van der Waals surface area (Å²) in [6, 6.07) is 10.6. The van der Waals surface area contributed by atoms with E-state index in [1.165, 1.54) is 11.1 Å². The molecule has 2 heteroatoms. The summed E-state index contributed by atoms with van der Waals surface area (Å²) in [5.74, 6) is 0.625. The van der Waals surface area contributed by atoms with Gasteiger partial charge in [-0.25, -0.2) is 0 Å².